The van der Waals surface area contributed by atoms with Crippen molar-refractivity contribution in [3.63, 3.8) is 0 Å². The van der Waals surface area contributed by atoms with Gasteiger partial charge in [-0.05, 0) is 41.0 Å². The number of anilines is 1. The van der Waals surface area contributed by atoms with E-state index in [0.29, 0.717) is 26.8 Å². The quantitative estimate of drug-likeness (QED) is 0.508. The number of nitrogens with one attached hydrogen (secondary N) is 1. The highest BCUT2D eigenvalue weighted by atomic mass is 79.9. The summed E-state index contributed by atoms with van der Waals surface area (Å²) in [4.78, 5) is 8.52. The first kappa shape index (κ1) is 13.6. The van der Waals surface area contributed by atoms with E-state index in [4.69, 9.17) is 9.85 Å². The van der Waals surface area contributed by atoms with E-state index in [2.05, 4.69) is 36.3 Å². The zero-order valence-electron chi connectivity index (χ0n) is 17.1. The predicted molar refractivity (Wildman–Crippen MR) is 106 cm³/mol. The van der Waals surface area contributed by atoms with Crippen molar-refractivity contribution in [3.8, 4) is 11.3 Å². The Morgan fingerprint density at radius 1 is 1.37 bits per heavy atom. The predicted octanol–water partition coefficient (Wildman–Crippen LogP) is 3.00. The van der Waals surface area contributed by atoms with E-state index in [1.54, 1.807) is 6.07 Å². The number of hydrogen-bond acceptors (Lipinski definition) is 5. The summed E-state index contributed by atoms with van der Waals surface area (Å²) in [7, 11) is 0. The number of hydrogen-bond donors (Lipinski definition) is 2. The second-order valence-electron chi connectivity index (χ2n) is 6.62. The third-order valence-electron chi connectivity index (χ3n) is 4.94. The van der Waals surface area contributed by atoms with Crippen LogP contribution in [0.25, 0.3) is 33.2 Å². The summed E-state index contributed by atoms with van der Waals surface area (Å²) in [6, 6.07) is 3.35. The summed E-state index contributed by atoms with van der Waals surface area (Å²) in [6.07, 6.45) is 4.15. The summed E-state index contributed by atoms with van der Waals surface area (Å²) in [6.45, 7) is -0.801. The molecule has 1 aromatic carbocycles. The highest BCUT2D eigenvalue weighted by Gasteiger charge is 2.24. The fourth-order valence-electron chi connectivity index (χ4n) is 3.73. The van der Waals surface area contributed by atoms with Crippen molar-refractivity contribution in [3.05, 3.63) is 34.8 Å². The van der Waals surface area contributed by atoms with Crippen LogP contribution in [0.3, 0.4) is 0 Å². The molecule has 5 rings (SSSR count). The molecule has 27 heavy (non-hydrogen) atoms. The number of nitrogens with zero attached hydrogens (tertiary/aromatic N) is 5. The average Bonchev–Trinajstić information content (AvgIpc) is 3.39. The number of halogens is 2. The third kappa shape index (κ3) is 2.61. The molecule has 0 amide bonds. The van der Waals surface area contributed by atoms with Gasteiger partial charge >= 0.3 is 0 Å². The van der Waals surface area contributed by atoms with E-state index in [-0.39, 0.29) is 17.8 Å². The third-order valence-corrected chi connectivity index (χ3v) is 5.55. The Hall–Kier alpha value is -2.52. The molecule has 3 aromatic heterocycles. The van der Waals surface area contributed by atoms with Gasteiger partial charge in [0.1, 0.15) is 22.5 Å². The number of nitrogens with two attached hydrogens (primary N) is 1. The lowest BCUT2D eigenvalue weighted by Gasteiger charge is -2.12. The first-order valence-corrected chi connectivity index (χ1v) is 9.26. The SMILES string of the molecule is [2H]C([2H])([2H])n1cc2nc(N)nc(-c3cn(C4CCNC4)c4cc(F)c(Br)cc34)c2n1. The summed E-state index contributed by atoms with van der Waals surface area (Å²) >= 11 is 3.26. The molecule has 1 aliphatic heterocycles. The van der Waals surface area contributed by atoms with Crippen molar-refractivity contribution >= 4 is 43.8 Å². The van der Waals surface area contributed by atoms with Gasteiger partial charge in [-0.2, -0.15) is 5.10 Å². The topological polar surface area (TPSA) is 86.6 Å². The molecule has 3 N–H and O–H groups in total. The van der Waals surface area contributed by atoms with Crippen molar-refractivity contribution in [1.82, 2.24) is 29.6 Å². The zero-order valence-corrected chi connectivity index (χ0v) is 15.7. The first-order valence-electron chi connectivity index (χ1n) is 9.96. The Morgan fingerprint density at radius 3 is 3.04 bits per heavy atom. The van der Waals surface area contributed by atoms with Crippen LogP contribution in [0.5, 0.6) is 0 Å². The minimum Gasteiger partial charge on any atom is -0.368 e. The number of aryl methyl sites for hydroxylation is 1. The van der Waals surface area contributed by atoms with Crippen molar-refractivity contribution in [1.29, 1.82) is 0 Å². The van der Waals surface area contributed by atoms with Crippen LogP contribution < -0.4 is 11.1 Å². The maximum atomic E-state index is 14.4. The molecular formula is C18H17BrFN7. The van der Waals surface area contributed by atoms with Gasteiger partial charge in [-0.3, -0.25) is 4.68 Å². The van der Waals surface area contributed by atoms with Gasteiger partial charge in [-0.1, -0.05) is 0 Å². The van der Waals surface area contributed by atoms with Gasteiger partial charge < -0.3 is 15.6 Å². The molecule has 0 radical (unpaired) electrons. The van der Waals surface area contributed by atoms with Crippen LogP contribution in [0.15, 0.2) is 29.0 Å². The Labute approximate surface area is 166 Å². The van der Waals surface area contributed by atoms with Gasteiger partial charge in [-0.25, -0.2) is 14.4 Å². The lowest BCUT2D eigenvalue weighted by atomic mass is 10.1. The molecule has 0 spiro atoms. The van der Waals surface area contributed by atoms with Gasteiger partial charge in [0.05, 0.1) is 16.2 Å². The average molecular weight is 433 g/mol. The van der Waals surface area contributed by atoms with Crippen molar-refractivity contribution in [2.45, 2.75) is 12.5 Å². The number of benzene rings is 1. The van der Waals surface area contributed by atoms with E-state index >= 15 is 0 Å². The van der Waals surface area contributed by atoms with Crippen LogP contribution in [0, 0.1) is 5.82 Å². The zero-order chi connectivity index (χ0) is 21.2. The fraction of sp³-hybridized carbons (Fsp3) is 0.278. The lowest BCUT2D eigenvalue weighted by Crippen LogP contribution is -2.12. The van der Waals surface area contributed by atoms with Gasteiger partial charge in [0.2, 0.25) is 5.95 Å². The maximum absolute atomic E-state index is 14.4. The number of rotatable bonds is 2. The molecular weight excluding hydrogens is 413 g/mol. The molecule has 7 nitrogen and oxygen atoms in total. The molecule has 1 atom stereocenters. The monoisotopic (exact) mass is 432 g/mol. The Balaban J connectivity index is 1.82. The van der Waals surface area contributed by atoms with Crippen molar-refractivity contribution in [2.24, 2.45) is 6.98 Å². The Bertz CT molecular complexity index is 1290. The van der Waals surface area contributed by atoms with Crippen LogP contribution in [0.4, 0.5) is 10.3 Å². The van der Waals surface area contributed by atoms with Crippen LogP contribution in [-0.2, 0) is 6.98 Å². The fourth-order valence-corrected chi connectivity index (χ4v) is 4.07. The number of nitrogen functional groups attached to an aromatic ring is 1. The van der Waals surface area contributed by atoms with Crippen LogP contribution in [-0.4, -0.2) is 37.4 Å². The normalized spacial score (nSPS) is 19.5. The molecule has 9 heteroatoms. The molecule has 1 fully saturated rings. The summed E-state index contributed by atoms with van der Waals surface area (Å²) < 4.78 is 40.5. The molecule has 1 unspecified atom stereocenters. The Morgan fingerprint density at radius 2 is 2.26 bits per heavy atom. The van der Waals surface area contributed by atoms with Crippen molar-refractivity contribution < 1.29 is 8.50 Å². The van der Waals surface area contributed by atoms with E-state index in [9.17, 15) is 4.39 Å². The smallest absolute Gasteiger partial charge is 0.221 e. The Kier molecular flexibility index (Phi) is 3.03. The van der Waals surface area contributed by atoms with E-state index in [1.165, 1.54) is 12.3 Å². The van der Waals surface area contributed by atoms with Crippen LogP contribution >= 0.6 is 15.9 Å². The minimum atomic E-state index is -2.46. The van der Waals surface area contributed by atoms with Gasteiger partial charge in [-0.15, -0.1) is 0 Å². The first-order chi connectivity index (χ1) is 14.2. The summed E-state index contributed by atoms with van der Waals surface area (Å²) in [5.74, 6) is -0.356. The van der Waals surface area contributed by atoms with Crippen molar-refractivity contribution in [2.75, 3.05) is 18.8 Å². The van der Waals surface area contributed by atoms with E-state index in [0.717, 1.165) is 35.1 Å². The standard InChI is InChI=1S/C18H17BrFN7/c1-26-8-14-17(25-26)16(24-18(21)23-14)11-7-27(9-2-3-22-6-9)15-5-13(20)12(19)4-10(11)15/h4-5,7-9,22H,2-3,6H2,1H3,(H2,21,23)/i1D3. The highest BCUT2D eigenvalue weighted by Crippen LogP contribution is 2.38. The molecule has 4 heterocycles. The summed E-state index contributed by atoms with van der Waals surface area (Å²) in [5.41, 5.74) is 8.40. The largest absolute Gasteiger partial charge is 0.368 e. The number of aromatic nitrogens is 5. The second kappa shape index (κ2) is 6.00. The van der Waals surface area contributed by atoms with Gasteiger partial charge in [0, 0.05) is 40.8 Å². The molecule has 1 aliphatic rings. The summed E-state index contributed by atoms with van der Waals surface area (Å²) in [5, 5.41) is 8.30. The van der Waals surface area contributed by atoms with Crippen LogP contribution in [0.2, 0.25) is 0 Å². The maximum Gasteiger partial charge on any atom is 0.221 e. The van der Waals surface area contributed by atoms with Crippen LogP contribution in [0.1, 0.15) is 16.6 Å². The molecule has 0 saturated carbocycles. The van der Waals surface area contributed by atoms with Gasteiger partial charge in [0.15, 0.2) is 0 Å². The highest BCUT2D eigenvalue weighted by molar-refractivity contribution is 9.10. The molecule has 0 aliphatic carbocycles. The lowest BCUT2D eigenvalue weighted by molar-refractivity contribution is 0.563. The molecule has 138 valence electrons. The number of fused-ring (bicyclic) bond motifs is 2. The molecule has 4 aromatic rings. The molecule has 0 bridgehead atoms. The van der Waals surface area contributed by atoms with E-state index in [1.807, 2.05) is 10.8 Å². The van der Waals surface area contributed by atoms with Gasteiger partial charge in [0.25, 0.3) is 0 Å². The molecule has 1 saturated heterocycles. The second-order valence-corrected chi connectivity index (χ2v) is 7.47. The minimum absolute atomic E-state index is 0.00667. The van der Waals surface area contributed by atoms with E-state index < -0.39 is 6.98 Å².